The topological polar surface area (TPSA) is 32.3 Å². The SMILES string of the molecule is CC1CCN(C(CNC(=O)c2ccccc2SC(F)F)c2cccs2)CC1. The summed E-state index contributed by atoms with van der Waals surface area (Å²) < 4.78 is 25.5. The number of nitrogens with one attached hydrogen (secondary N) is 1. The Labute approximate surface area is 167 Å². The van der Waals surface area contributed by atoms with Crippen LogP contribution >= 0.6 is 23.1 Å². The summed E-state index contributed by atoms with van der Waals surface area (Å²) in [5, 5.41) is 5.02. The Morgan fingerprint density at radius 3 is 2.67 bits per heavy atom. The van der Waals surface area contributed by atoms with Crippen molar-refractivity contribution in [3.8, 4) is 0 Å². The van der Waals surface area contributed by atoms with Gasteiger partial charge in [0.2, 0.25) is 0 Å². The number of hydrogen-bond acceptors (Lipinski definition) is 4. The van der Waals surface area contributed by atoms with E-state index in [4.69, 9.17) is 0 Å². The molecule has 1 aliphatic heterocycles. The number of likely N-dealkylation sites (tertiary alicyclic amines) is 1. The third kappa shape index (κ3) is 5.53. The van der Waals surface area contributed by atoms with Crippen molar-refractivity contribution in [3.05, 3.63) is 52.2 Å². The molecule has 1 aliphatic rings. The van der Waals surface area contributed by atoms with Crippen molar-refractivity contribution in [1.82, 2.24) is 10.2 Å². The molecule has 146 valence electrons. The zero-order valence-electron chi connectivity index (χ0n) is 15.2. The van der Waals surface area contributed by atoms with Gasteiger partial charge in [0.05, 0.1) is 11.6 Å². The first-order chi connectivity index (χ1) is 13.0. The van der Waals surface area contributed by atoms with Crippen LogP contribution in [0.2, 0.25) is 0 Å². The number of nitrogens with zero attached hydrogens (tertiary/aromatic N) is 1. The predicted molar refractivity (Wildman–Crippen MR) is 108 cm³/mol. The van der Waals surface area contributed by atoms with E-state index >= 15 is 0 Å². The summed E-state index contributed by atoms with van der Waals surface area (Å²) in [6, 6.07) is 10.8. The second-order valence-corrected chi connectivity index (χ2v) is 8.85. The monoisotopic (exact) mass is 410 g/mol. The molecule has 1 N–H and O–H groups in total. The highest BCUT2D eigenvalue weighted by Gasteiger charge is 2.26. The van der Waals surface area contributed by atoms with Crippen LogP contribution in [0.5, 0.6) is 0 Å². The molecule has 3 rings (SSSR count). The number of carbonyl (C=O) groups excluding carboxylic acids is 1. The van der Waals surface area contributed by atoms with Gasteiger partial charge in [-0.05, 0) is 55.4 Å². The molecule has 1 unspecified atom stereocenters. The molecule has 1 fully saturated rings. The van der Waals surface area contributed by atoms with Crippen molar-refractivity contribution < 1.29 is 13.6 Å². The van der Waals surface area contributed by atoms with Gasteiger partial charge in [-0.15, -0.1) is 11.3 Å². The minimum Gasteiger partial charge on any atom is -0.350 e. The lowest BCUT2D eigenvalue weighted by Gasteiger charge is -2.36. The van der Waals surface area contributed by atoms with E-state index in [0.29, 0.717) is 28.8 Å². The molecule has 3 nitrogen and oxygen atoms in total. The number of alkyl halides is 2. The standard InChI is InChI=1S/C20H24F2N2OS2/c1-14-8-10-24(11-9-14)16(18-7-4-12-26-18)13-23-19(25)15-5-2-3-6-17(15)27-20(21)22/h2-7,12,14,16,20H,8-11,13H2,1H3,(H,23,25). The number of hydrogen-bond donors (Lipinski definition) is 1. The van der Waals surface area contributed by atoms with Crippen molar-refractivity contribution >= 4 is 29.0 Å². The number of thiophene rings is 1. The van der Waals surface area contributed by atoms with Crippen molar-refractivity contribution in [2.75, 3.05) is 19.6 Å². The van der Waals surface area contributed by atoms with Crippen molar-refractivity contribution in [1.29, 1.82) is 0 Å². The minimum absolute atomic E-state index is 0.122. The Bertz CT molecular complexity index is 731. The quantitative estimate of drug-likeness (QED) is 0.632. The lowest BCUT2D eigenvalue weighted by atomic mass is 9.97. The maximum Gasteiger partial charge on any atom is 0.288 e. The van der Waals surface area contributed by atoms with Crippen LogP contribution in [0.3, 0.4) is 0 Å². The second-order valence-electron chi connectivity index (χ2n) is 6.83. The molecule has 1 aromatic heterocycles. The fourth-order valence-corrected chi connectivity index (χ4v) is 4.87. The first-order valence-electron chi connectivity index (χ1n) is 9.14. The maximum absolute atomic E-state index is 12.8. The lowest BCUT2D eigenvalue weighted by Crippen LogP contribution is -2.41. The zero-order chi connectivity index (χ0) is 19.2. The Hall–Kier alpha value is -1.44. The Kier molecular flexibility index (Phi) is 7.26. The number of amides is 1. The van der Waals surface area contributed by atoms with E-state index in [1.807, 2.05) is 11.4 Å². The van der Waals surface area contributed by atoms with Crippen molar-refractivity contribution in [3.63, 3.8) is 0 Å². The third-order valence-electron chi connectivity index (χ3n) is 4.93. The number of benzene rings is 1. The van der Waals surface area contributed by atoms with Crippen LogP contribution in [-0.2, 0) is 0 Å². The van der Waals surface area contributed by atoms with Crippen LogP contribution in [0.4, 0.5) is 8.78 Å². The summed E-state index contributed by atoms with van der Waals surface area (Å²) >= 11 is 2.10. The molecule has 1 saturated heterocycles. The zero-order valence-corrected chi connectivity index (χ0v) is 16.9. The van der Waals surface area contributed by atoms with Crippen LogP contribution in [0.1, 0.15) is 41.0 Å². The van der Waals surface area contributed by atoms with Crippen LogP contribution in [0, 0.1) is 5.92 Å². The van der Waals surface area contributed by atoms with Gasteiger partial charge in [-0.2, -0.15) is 8.78 Å². The summed E-state index contributed by atoms with van der Waals surface area (Å²) in [6.07, 6.45) is 2.31. The summed E-state index contributed by atoms with van der Waals surface area (Å²) in [7, 11) is 0. The Balaban J connectivity index is 1.69. The fourth-order valence-electron chi connectivity index (χ4n) is 3.37. The molecule has 1 atom stereocenters. The molecular weight excluding hydrogens is 386 g/mol. The highest BCUT2D eigenvalue weighted by molar-refractivity contribution is 7.99. The first-order valence-corrected chi connectivity index (χ1v) is 10.9. The molecule has 2 heterocycles. The lowest BCUT2D eigenvalue weighted by molar-refractivity contribution is 0.0912. The van der Waals surface area contributed by atoms with Gasteiger partial charge < -0.3 is 5.32 Å². The smallest absolute Gasteiger partial charge is 0.288 e. The summed E-state index contributed by atoms with van der Waals surface area (Å²) in [6.45, 7) is 4.77. The Morgan fingerprint density at radius 1 is 1.26 bits per heavy atom. The third-order valence-corrected chi connectivity index (χ3v) is 6.70. The highest BCUT2D eigenvalue weighted by atomic mass is 32.2. The molecule has 0 saturated carbocycles. The van der Waals surface area contributed by atoms with Crippen LogP contribution in [0.25, 0.3) is 0 Å². The normalized spacial score (nSPS) is 17.2. The molecule has 0 spiro atoms. The van der Waals surface area contributed by atoms with Gasteiger partial charge in [0.1, 0.15) is 0 Å². The first kappa shape index (κ1) is 20.3. The van der Waals surface area contributed by atoms with E-state index in [-0.39, 0.29) is 11.9 Å². The summed E-state index contributed by atoms with van der Waals surface area (Å²) in [5.41, 5.74) is 0.306. The number of carbonyl (C=O) groups is 1. The van der Waals surface area contributed by atoms with Gasteiger partial charge in [-0.1, -0.05) is 36.9 Å². The van der Waals surface area contributed by atoms with Gasteiger partial charge in [0.15, 0.2) is 0 Å². The van der Waals surface area contributed by atoms with E-state index in [2.05, 4.69) is 23.2 Å². The fraction of sp³-hybridized carbons (Fsp3) is 0.450. The van der Waals surface area contributed by atoms with E-state index in [9.17, 15) is 13.6 Å². The highest BCUT2D eigenvalue weighted by Crippen LogP contribution is 2.30. The largest absolute Gasteiger partial charge is 0.350 e. The van der Waals surface area contributed by atoms with Gasteiger partial charge in [0.25, 0.3) is 11.7 Å². The van der Waals surface area contributed by atoms with Crippen LogP contribution < -0.4 is 5.32 Å². The molecule has 1 amide bonds. The number of halogens is 2. The Morgan fingerprint density at radius 2 is 2.00 bits per heavy atom. The molecule has 0 aliphatic carbocycles. The average Bonchev–Trinajstić information content (AvgIpc) is 3.17. The molecular formula is C20H24F2N2OS2. The molecule has 1 aromatic carbocycles. The average molecular weight is 411 g/mol. The number of rotatable bonds is 7. The molecule has 0 radical (unpaired) electrons. The van der Waals surface area contributed by atoms with E-state index in [0.717, 1.165) is 31.8 Å². The van der Waals surface area contributed by atoms with Gasteiger partial charge in [-0.25, -0.2) is 0 Å². The summed E-state index contributed by atoms with van der Waals surface area (Å²) in [5.74, 6) is -2.11. The molecule has 2 aromatic rings. The van der Waals surface area contributed by atoms with Crippen molar-refractivity contribution in [2.24, 2.45) is 5.92 Å². The molecule has 7 heteroatoms. The molecule has 27 heavy (non-hydrogen) atoms. The second kappa shape index (κ2) is 9.66. The predicted octanol–water partition coefficient (Wildman–Crippen LogP) is 5.27. The van der Waals surface area contributed by atoms with Gasteiger partial charge >= 0.3 is 0 Å². The van der Waals surface area contributed by atoms with Crippen molar-refractivity contribution in [2.45, 2.75) is 36.5 Å². The van der Waals surface area contributed by atoms with Gasteiger partial charge in [0, 0.05) is 16.3 Å². The van der Waals surface area contributed by atoms with Gasteiger partial charge in [-0.3, -0.25) is 9.69 Å². The van der Waals surface area contributed by atoms with Crippen LogP contribution in [-0.4, -0.2) is 36.2 Å². The number of piperidine rings is 1. The number of thioether (sulfide) groups is 1. The van der Waals surface area contributed by atoms with E-state index < -0.39 is 5.76 Å². The van der Waals surface area contributed by atoms with E-state index in [1.54, 1.807) is 35.6 Å². The molecule has 0 bridgehead atoms. The van der Waals surface area contributed by atoms with E-state index in [1.165, 1.54) is 4.88 Å². The maximum atomic E-state index is 12.8. The summed E-state index contributed by atoms with van der Waals surface area (Å²) in [4.78, 5) is 16.6. The minimum atomic E-state index is -2.55. The van der Waals surface area contributed by atoms with Crippen LogP contribution in [0.15, 0.2) is 46.7 Å².